The maximum atomic E-state index is 12.0. The Morgan fingerprint density at radius 2 is 2.27 bits per heavy atom. The van der Waals surface area contributed by atoms with Crippen molar-refractivity contribution in [3.05, 3.63) is 0 Å². The predicted molar refractivity (Wildman–Crippen MR) is 59.7 cm³/mol. The normalized spacial score (nSPS) is 20.1. The van der Waals surface area contributed by atoms with Gasteiger partial charge in [0, 0.05) is 20.2 Å². The lowest BCUT2D eigenvalue weighted by Gasteiger charge is -2.33. The van der Waals surface area contributed by atoms with Crippen molar-refractivity contribution in [2.24, 2.45) is 5.92 Å². The molecule has 4 nitrogen and oxygen atoms in total. The molecule has 0 bridgehead atoms. The molecule has 0 spiro atoms. The molecule has 0 aromatic heterocycles. The van der Waals surface area contributed by atoms with E-state index in [1.165, 1.54) is 0 Å². The topological polar surface area (TPSA) is 41.6 Å². The Morgan fingerprint density at radius 3 is 2.67 bits per heavy atom. The van der Waals surface area contributed by atoms with Gasteiger partial charge < -0.3 is 15.0 Å². The molecular weight excluding hydrogens is 192 g/mol. The Morgan fingerprint density at radius 1 is 1.60 bits per heavy atom. The zero-order chi connectivity index (χ0) is 11.3. The van der Waals surface area contributed by atoms with E-state index in [0.29, 0.717) is 19.1 Å². The van der Waals surface area contributed by atoms with Crippen LogP contribution in [0.15, 0.2) is 0 Å². The molecule has 1 heterocycles. The van der Waals surface area contributed by atoms with Crippen LogP contribution in [0.25, 0.3) is 0 Å². The van der Waals surface area contributed by atoms with E-state index in [1.807, 2.05) is 4.90 Å². The Kier molecular flexibility index (Phi) is 5.05. The summed E-state index contributed by atoms with van der Waals surface area (Å²) < 4.78 is 5.02. The summed E-state index contributed by atoms with van der Waals surface area (Å²) in [7, 11) is 1.67. The van der Waals surface area contributed by atoms with E-state index < -0.39 is 0 Å². The second-order valence-corrected chi connectivity index (χ2v) is 4.47. The zero-order valence-corrected chi connectivity index (χ0v) is 9.95. The van der Waals surface area contributed by atoms with Crippen LogP contribution in [0.3, 0.4) is 0 Å². The van der Waals surface area contributed by atoms with Crippen molar-refractivity contribution in [1.29, 1.82) is 0 Å². The van der Waals surface area contributed by atoms with Crippen LogP contribution in [-0.2, 0) is 9.53 Å². The van der Waals surface area contributed by atoms with E-state index in [-0.39, 0.29) is 11.9 Å². The van der Waals surface area contributed by atoms with Gasteiger partial charge in [-0.15, -0.1) is 0 Å². The number of ether oxygens (including phenoxy) is 1. The van der Waals surface area contributed by atoms with Gasteiger partial charge in [0.1, 0.15) is 0 Å². The number of amides is 1. The third kappa shape index (κ3) is 3.80. The van der Waals surface area contributed by atoms with Gasteiger partial charge in [0.05, 0.1) is 12.6 Å². The van der Waals surface area contributed by atoms with Crippen LogP contribution in [0.1, 0.15) is 20.3 Å². The summed E-state index contributed by atoms with van der Waals surface area (Å²) in [6, 6.07) is 0.0561. The number of methoxy groups -OCH3 is 1. The molecule has 0 saturated carbocycles. The molecule has 1 N–H and O–H groups in total. The lowest BCUT2D eigenvalue weighted by molar-refractivity contribution is -0.136. The number of rotatable bonds is 6. The summed E-state index contributed by atoms with van der Waals surface area (Å²) in [5, 5.41) is 3.14. The van der Waals surface area contributed by atoms with Crippen molar-refractivity contribution in [2.45, 2.75) is 26.3 Å². The lowest BCUT2D eigenvalue weighted by atomic mass is 10.1. The van der Waals surface area contributed by atoms with Gasteiger partial charge in [-0.1, -0.05) is 13.8 Å². The number of hydrogen-bond acceptors (Lipinski definition) is 3. The average Bonchev–Trinajstić information content (AvgIpc) is 2.08. The molecule has 4 heteroatoms. The molecule has 1 aliphatic heterocycles. The number of hydrogen-bond donors (Lipinski definition) is 1. The Balaban J connectivity index is 2.41. The van der Waals surface area contributed by atoms with Crippen LogP contribution in [0.5, 0.6) is 0 Å². The molecule has 1 aliphatic rings. The fourth-order valence-electron chi connectivity index (χ4n) is 1.65. The van der Waals surface area contributed by atoms with Crippen molar-refractivity contribution >= 4 is 5.91 Å². The quantitative estimate of drug-likeness (QED) is 0.699. The molecule has 0 aromatic carbocycles. The number of nitrogens with zero attached hydrogens (tertiary/aromatic N) is 1. The third-order valence-electron chi connectivity index (χ3n) is 2.58. The standard InChI is InChI=1S/C11H22N2O2/c1-9(2)8-13(6-7-15-3)11(14)10-4-5-12-10/h9-10,12H,4-8H2,1-3H3/t10-/m1/s1. The fourth-order valence-corrected chi connectivity index (χ4v) is 1.65. The van der Waals surface area contributed by atoms with Crippen molar-refractivity contribution in [2.75, 3.05) is 33.4 Å². The number of nitrogens with one attached hydrogen (secondary N) is 1. The van der Waals surface area contributed by atoms with E-state index in [4.69, 9.17) is 4.74 Å². The lowest BCUT2D eigenvalue weighted by Crippen LogP contribution is -2.55. The molecule has 1 rings (SSSR count). The molecule has 15 heavy (non-hydrogen) atoms. The summed E-state index contributed by atoms with van der Waals surface area (Å²) in [6.45, 7) is 7.36. The molecule has 0 aliphatic carbocycles. The molecule has 1 saturated heterocycles. The van der Waals surface area contributed by atoms with Crippen LogP contribution < -0.4 is 5.32 Å². The van der Waals surface area contributed by atoms with E-state index in [1.54, 1.807) is 7.11 Å². The zero-order valence-electron chi connectivity index (χ0n) is 9.95. The second-order valence-electron chi connectivity index (χ2n) is 4.47. The van der Waals surface area contributed by atoms with E-state index >= 15 is 0 Å². The highest BCUT2D eigenvalue weighted by atomic mass is 16.5. The minimum atomic E-state index is 0.0561. The summed E-state index contributed by atoms with van der Waals surface area (Å²) in [5.41, 5.74) is 0. The van der Waals surface area contributed by atoms with Crippen LogP contribution in [0, 0.1) is 5.92 Å². The smallest absolute Gasteiger partial charge is 0.239 e. The molecule has 0 unspecified atom stereocenters. The minimum Gasteiger partial charge on any atom is -0.383 e. The minimum absolute atomic E-state index is 0.0561. The molecular formula is C11H22N2O2. The van der Waals surface area contributed by atoms with Crippen molar-refractivity contribution in [3.8, 4) is 0 Å². The Labute approximate surface area is 92.0 Å². The van der Waals surface area contributed by atoms with Crippen molar-refractivity contribution in [3.63, 3.8) is 0 Å². The van der Waals surface area contributed by atoms with E-state index in [9.17, 15) is 4.79 Å². The van der Waals surface area contributed by atoms with Gasteiger partial charge in [0.25, 0.3) is 0 Å². The van der Waals surface area contributed by atoms with Crippen molar-refractivity contribution in [1.82, 2.24) is 10.2 Å². The van der Waals surface area contributed by atoms with Gasteiger partial charge in [-0.3, -0.25) is 4.79 Å². The van der Waals surface area contributed by atoms with Crippen molar-refractivity contribution < 1.29 is 9.53 Å². The molecule has 0 aromatic rings. The fraction of sp³-hybridized carbons (Fsp3) is 0.909. The molecule has 1 amide bonds. The largest absolute Gasteiger partial charge is 0.383 e. The second kappa shape index (κ2) is 6.08. The SMILES string of the molecule is COCCN(CC(C)C)C(=O)[C@H]1CCN1. The van der Waals surface area contributed by atoms with Gasteiger partial charge in [-0.25, -0.2) is 0 Å². The van der Waals surface area contributed by atoms with Crippen LogP contribution in [0.2, 0.25) is 0 Å². The molecule has 1 atom stereocenters. The van der Waals surface area contributed by atoms with Crippen LogP contribution >= 0.6 is 0 Å². The molecule has 88 valence electrons. The van der Waals surface area contributed by atoms with Crippen LogP contribution in [0.4, 0.5) is 0 Å². The van der Waals surface area contributed by atoms with E-state index in [2.05, 4.69) is 19.2 Å². The number of carbonyl (C=O) groups is 1. The van der Waals surface area contributed by atoms with Gasteiger partial charge in [0.2, 0.25) is 5.91 Å². The third-order valence-corrected chi connectivity index (χ3v) is 2.58. The first-order chi connectivity index (χ1) is 7.15. The number of carbonyl (C=O) groups excluding carboxylic acids is 1. The van der Waals surface area contributed by atoms with Gasteiger partial charge in [-0.05, 0) is 18.9 Å². The first kappa shape index (κ1) is 12.5. The predicted octanol–water partition coefficient (Wildman–Crippen LogP) is 0.479. The monoisotopic (exact) mass is 214 g/mol. The summed E-state index contributed by atoms with van der Waals surface area (Å²) in [6.07, 6.45) is 0.973. The summed E-state index contributed by atoms with van der Waals surface area (Å²) >= 11 is 0. The van der Waals surface area contributed by atoms with Gasteiger partial charge in [-0.2, -0.15) is 0 Å². The highest BCUT2D eigenvalue weighted by molar-refractivity contribution is 5.82. The first-order valence-electron chi connectivity index (χ1n) is 5.66. The molecule has 1 fully saturated rings. The first-order valence-corrected chi connectivity index (χ1v) is 5.66. The van der Waals surface area contributed by atoms with Gasteiger partial charge in [0.15, 0.2) is 0 Å². The maximum absolute atomic E-state index is 12.0. The highest BCUT2D eigenvalue weighted by Crippen LogP contribution is 2.08. The average molecular weight is 214 g/mol. The Bertz CT molecular complexity index is 203. The van der Waals surface area contributed by atoms with Gasteiger partial charge >= 0.3 is 0 Å². The molecule has 0 radical (unpaired) electrons. The van der Waals surface area contributed by atoms with E-state index in [0.717, 1.165) is 19.5 Å². The highest BCUT2D eigenvalue weighted by Gasteiger charge is 2.28. The summed E-state index contributed by atoms with van der Waals surface area (Å²) in [5.74, 6) is 0.734. The Hall–Kier alpha value is -0.610. The summed E-state index contributed by atoms with van der Waals surface area (Å²) in [4.78, 5) is 13.9. The van der Waals surface area contributed by atoms with Crippen LogP contribution in [-0.4, -0.2) is 50.2 Å². The maximum Gasteiger partial charge on any atom is 0.239 e.